The van der Waals surface area contributed by atoms with Gasteiger partial charge in [-0.15, -0.1) is 22.0 Å². The van der Waals surface area contributed by atoms with Crippen LogP contribution in [0.4, 0.5) is 0 Å². The van der Waals surface area contributed by atoms with Crippen molar-refractivity contribution in [3.63, 3.8) is 0 Å². The van der Waals surface area contributed by atoms with Gasteiger partial charge in [-0.25, -0.2) is 0 Å². The fourth-order valence-electron chi connectivity index (χ4n) is 2.61. The van der Waals surface area contributed by atoms with E-state index in [4.69, 9.17) is 5.73 Å². The zero-order chi connectivity index (χ0) is 18.9. The van der Waals surface area contributed by atoms with Gasteiger partial charge >= 0.3 is 0 Å². The molecule has 0 aliphatic carbocycles. The van der Waals surface area contributed by atoms with Crippen molar-refractivity contribution in [1.29, 1.82) is 0 Å². The van der Waals surface area contributed by atoms with E-state index in [0.29, 0.717) is 0 Å². The fourth-order valence-corrected chi connectivity index (χ4v) is 4.26. The van der Waals surface area contributed by atoms with E-state index in [1.54, 1.807) is 0 Å². The predicted molar refractivity (Wildman–Crippen MR) is 112 cm³/mol. The minimum atomic E-state index is -0.349. The van der Waals surface area contributed by atoms with Gasteiger partial charge in [-0.3, -0.25) is 4.79 Å². The second kappa shape index (κ2) is 10.2. The Morgan fingerprint density at radius 3 is 2.26 bits per heavy atom. The van der Waals surface area contributed by atoms with Gasteiger partial charge in [0.1, 0.15) is 5.82 Å². The average molecular weight is 399 g/mol. The number of amides is 1. The van der Waals surface area contributed by atoms with Crippen LogP contribution in [0.1, 0.15) is 17.0 Å². The lowest BCUT2D eigenvalue weighted by molar-refractivity contribution is -0.115. The third-order valence-electron chi connectivity index (χ3n) is 3.95. The summed E-state index contributed by atoms with van der Waals surface area (Å²) < 4.78 is 2.11. The van der Waals surface area contributed by atoms with Gasteiger partial charge in [-0.2, -0.15) is 0 Å². The summed E-state index contributed by atoms with van der Waals surface area (Å²) in [5, 5.41) is 9.39. The molecule has 0 saturated heterocycles. The summed E-state index contributed by atoms with van der Waals surface area (Å²) in [4.78, 5) is 11.1. The van der Waals surface area contributed by atoms with Gasteiger partial charge in [-0.05, 0) is 17.5 Å². The van der Waals surface area contributed by atoms with Crippen molar-refractivity contribution in [3.05, 3.63) is 77.6 Å². The molecule has 1 amide bonds. The minimum absolute atomic E-state index is 0.209. The topological polar surface area (TPSA) is 73.8 Å². The number of thioether (sulfide) groups is 2. The van der Waals surface area contributed by atoms with Gasteiger partial charge in [0.15, 0.2) is 5.16 Å². The number of primary amides is 1. The highest BCUT2D eigenvalue weighted by molar-refractivity contribution is 7.99. The first-order valence-corrected chi connectivity index (χ1v) is 10.8. The van der Waals surface area contributed by atoms with Crippen molar-refractivity contribution in [1.82, 2.24) is 14.8 Å². The van der Waals surface area contributed by atoms with Gasteiger partial charge in [0.2, 0.25) is 5.91 Å². The fraction of sp³-hybridized carbons (Fsp3) is 0.250. The lowest BCUT2D eigenvalue weighted by Gasteiger charge is -2.10. The van der Waals surface area contributed by atoms with Gasteiger partial charge in [0, 0.05) is 12.3 Å². The van der Waals surface area contributed by atoms with Crippen LogP contribution in [0.3, 0.4) is 0 Å². The van der Waals surface area contributed by atoms with Crippen LogP contribution in [-0.2, 0) is 29.3 Å². The Bertz CT molecular complexity index is 853. The highest BCUT2D eigenvalue weighted by atomic mass is 32.2. The maximum Gasteiger partial charge on any atom is 0.227 e. The van der Waals surface area contributed by atoms with E-state index in [1.807, 2.05) is 36.0 Å². The molecule has 140 valence electrons. The van der Waals surface area contributed by atoms with Crippen molar-refractivity contribution >= 4 is 29.4 Å². The Labute approximate surface area is 167 Å². The van der Waals surface area contributed by atoms with Crippen LogP contribution < -0.4 is 5.73 Å². The highest BCUT2D eigenvalue weighted by Crippen LogP contribution is 2.22. The number of rotatable bonds is 10. The standard InChI is InChI=1S/C20H22N4OS2/c21-18(25)14-27-20-23-22-19(15-26-13-17-9-5-2-6-10-17)24(20)12-11-16-7-3-1-4-8-16/h1-10H,11-15H2,(H2,21,25). The van der Waals surface area contributed by atoms with E-state index >= 15 is 0 Å². The Morgan fingerprint density at radius 1 is 0.926 bits per heavy atom. The van der Waals surface area contributed by atoms with E-state index in [1.165, 1.54) is 22.9 Å². The lowest BCUT2D eigenvalue weighted by Crippen LogP contribution is -2.14. The number of hydrogen-bond acceptors (Lipinski definition) is 5. The van der Waals surface area contributed by atoms with E-state index in [9.17, 15) is 4.79 Å². The van der Waals surface area contributed by atoms with Crippen LogP contribution in [0.5, 0.6) is 0 Å². The monoisotopic (exact) mass is 398 g/mol. The first-order chi connectivity index (χ1) is 13.2. The Morgan fingerprint density at radius 2 is 1.59 bits per heavy atom. The molecule has 0 saturated carbocycles. The Balaban J connectivity index is 1.66. The summed E-state index contributed by atoms with van der Waals surface area (Å²) in [6, 6.07) is 20.7. The molecule has 0 atom stereocenters. The molecule has 0 aliphatic heterocycles. The van der Waals surface area contributed by atoms with E-state index in [0.717, 1.165) is 35.5 Å². The predicted octanol–water partition coefficient (Wildman–Crippen LogP) is 3.53. The normalized spacial score (nSPS) is 10.8. The zero-order valence-corrected chi connectivity index (χ0v) is 16.6. The minimum Gasteiger partial charge on any atom is -0.369 e. The van der Waals surface area contributed by atoms with Crippen LogP contribution in [0.15, 0.2) is 65.8 Å². The Kier molecular flexibility index (Phi) is 7.36. The van der Waals surface area contributed by atoms with Crippen molar-refractivity contribution in [2.24, 2.45) is 5.73 Å². The molecular formula is C20H22N4OS2. The second-order valence-corrected chi connectivity index (χ2v) is 7.95. The van der Waals surface area contributed by atoms with Crippen molar-refractivity contribution in [2.75, 3.05) is 5.75 Å². The molecule has 2 aromatic carbocycles. The SMILES string of the molecule is NC(=O)CSc1nnc(CSCc2ccccc2)n1CCc1ccccc1. The van der Waals surface area contributed by atoms with Crippen molar-refractivity contribution in [3.8, 4) is 0 Å². The van der Waals surface area contributed by atoms with Gasteiger partial charge < -0.3 is 10.3 Å². The summed E-state index contributed by atoms with van der Waals surface area (Å²) in [5.41, 5.74) is 7.84. The number of carbonyl (C=O) groups excluding carboxylic acids is 1. The van der Waals surface area contributed by atoms with Gasteiger partial charge in [0.05, 0.1) is 11.5 Å². The maximum absolute atomic E-state index is 11.1. The molecule has 2 N–H and O–H groups in total. The summed E-state index contributed by atoms with van der Waals surface area (Å²) in [5.74, 6) is 2.49. The van der Waals surface area contributed by atoms with E-state index in [2.05, 4.69) is 51.2 Å². The van der Waals surface area contributed by atoms with E-state index < -0.39 is 0 Å². The highest BCUT2D eigenvalue weighted by Gasteiger charge is 2.14. The largest absolute Gasteiger partial charge is 0.369 e. The molecule has 7 heteroatoms. The van der Waals surface area contributed by atoms with Gasteiger partial charge in [-0.1, -0.05) is 72.4 Å². The van der Waals surface area contributed by atoms with Crippen LogP contribution >= 0.6 is 23.5 Å². The number of benzene rings is 2. The molecule has 3 rings (SSSR count). The zero-order valence-electron chi connectivity index (χ0n) is 15.0. The number of hydrogen-bond donors (Lipinski definition) is 1. The third kappa shape index (κ3) is 6.15. The smallest absolute Gasteiger partial charge is 0.227 e. The number of aryl methyl sites for hydroxylation is 1. The molecule has 1 aromatic heterocycles. The maximum atomic E-state index is 11.1. The number of nitrogens with two attached hydrogens (primary N) is 1. The van der Waals surface area contributed by atoms with E-state index in [-0.39, 0.29) is 11.7 Å². The number of carbonyl (C=O) groups is 1. The first-order valence-electron chi connectivity index (χ1n) is 8.71. The second-order valence-electron chi connectivity index (χ2n) is 6.02. The van der Waals surface area contributed by atoms with Crippen molar-refractivity contribution < 1.29 is 4.79 Å². The molecular weight excluding hydrogens is 376 g/mol. The molecule has 0 radical (unpaired) electrons. The molecule has 3 aromatic rings. The van der Waals surface area contributed by atoms with Crippen LogP contribution in [0, 0.1) is 0 Å². The van der Waals surface area contributed by atoms with Gasteiger partial charge in [0.25, 0.3) is 0 Å². The molecule has 0 fully saturated rings. The molecule has 0 spiro atoms. The first kappa shape index (κ1) is 19.5. The molecule has 0 aliphatic rings. The lowest BCUT2D eigenvalue weighted by atomic mass is 10.1. The average Bonchev–Trinajstić information content (AvgIpc) is 3.08. The number of nitrogens with zero attached hydrogens (tertiary/aromatic N) is 3. The summed E-state index contributed by atoms with van der Waals surface area (Å²) in [6.07, 6.45) is 0.888. The molecule has 5 nitrogen and oxygen atoms in total. The number of aromatic nitrogens is 3. The quantitative estimate of drug-likeness (QED) is 0.529. The molecule has 0 unspecified atom stereocenters. The van der Waals surface area contributed by atoms with Crippen molar-refractivity contribution in [2.45, 2.75) is 29.6 Å². The molecule has 27 heavy (non-hydrogen) atoms. The third-order valence-corrected chi connectivity index (χ3v) is 5.94. The van der Waals surface area contributed by atoms with Crippen LogP contribution in [0.2, 0.25) is 0 Å². The Hall–Kier alpha value is -2.25. The molecule has 1 heterocycles. The molecule has 0 bridgehead atoms. The summed E-state index contributed by atoms with van der Waals surface area (Å²) >= 11 is 3.16. The summed E-state index contributed by atoms with van der Waals surface area (Å²) in [7, 11) is 0. The summed E-state index contributed by atoms with van der Waals surface area (Å²) in [6.45, 7) is 0.777. The van der Waals surface area contributed by atoms with Crippen LogP contribution in [0.25, 0.3) is 0 Å². The van der Waals surface area contributed by atoms with Crippen LogP contribution in [-0.4, -0.2) is 26.4 Å².